The lowest BCUT2D eigenvalue weighted by Gasteiger charge is -2.37. The highest BCUT2D eigenvalue weighted by molar-refractivity contribution is 7.33. The zero-order valence-corrected chi connectivity index (χ0v) is 21.8. The smallest absolute Gasteiger partial charge is 0.414 e. The molecule has 33 heavy (non-hydrogen) atoms. The van der Waals surface area contributed by atoms with Crippen molar-refractivity contribution in [2.24, 2.45) is 0 Å². The summed E-state index contributed by atoms with van der Waals surface area (Å²) in [5.74, 6) is 0.427. The number of rotatable bonds is 8. The minimum Gasteiger partial charge on any atom is -0.414 e. The Morgan fingerprint density at radius 2 is 1.88 bits per heavy atom. The molecule has 1 aliphatic heterocycles. The van der Waals surface area contributed by atoms with Crippen molar-refractivity contribution in [3.05, 3.63) is 62.9 Å². The zero-order valence-electron chi connectivity index (χ0n) is 19.9. The van der Waals surface area contributed by atoms with E-state index in [1.54, 1.807) is 31.2 Å². The van der Waals surface area contributed by atoms with Gasteiger partial charge in [-0.2, -0.15) is 0 Å². The summed E-state index contributed by atoms with van der Waals surface area (Å²) >= 11 is 0. The van der Waals surface area contributed by atoms with E-state index < -0.39 is 46.3 Å². The lowest BCUT2D eigenvalue weighted by atomic mass is 10.2. The Balaban J connectivity index is 1.79. The number of para-hydroxylation sites is 1. The molecule has 0 aliphatic carbocycles. The van der Waals surface area contributed by atoms with E-state index in [9.17, 15) is 14.2 Å². The van der Waals surface area contributed by atoms with Crippen molar-refractivity contribution in [3.8, 4) is 5.75 Å². The number of nitrogens with one attached hydrogen (secondary N) is 1. The van der Waals surface area contributed by atoms with E-state index in [1.807, 2.05) is 6.07 Å². The lowest BCUT2D eigenvalue weighted by molar-refractivity contribution is -0.0396. The maximum Gasteiger partial charge on any atom is 0.750 e. The van der Waals surface area contributed by atoms with Crippen LogP contribution in [0.2, 0.25) is 18.1 Å². The molecule has 1 aliphatic rings. The molecule has 2 aromatic rings. The van der Waals surface area contributed by atoms with E-state index in [2.05, 4.69) is 38.8 Å². The first-order valence-electron chi connectivity index (χ1n) is 10.9. The third kappa shape index (κ3) is 6.27. The largest absolute Gasteiger partial charge is 0.750 e. The molecule has 0 amide bonds. The molecule has 11 heteroatoms. The summed E-state index contributed by atoms with van der Waals surface area (Å²) in [4.78, 5) is 26.4. The van der Waals surface area contributed by atoms with Crippen LogP contribution in [0, 0.1) is 6.92 Å². The number of hydrogen-bond acceptors (Lipinski definition) is 7. The Labute approximate surface area is 195 Å². The fourth-order valence-electron chi connectivity index (χ4n) is 3.14. The minimum atomic E-state index is -2.48. The Kier molecular flexibility index (Phi) is 7.75. The number of aromatic amines is 1. The molecule has 4 atom stereocenters. The number of nitrogens with zero attached hydrogens (tertiary/aromatic N) is 1. The van der Waals surface area contributed by atoms with Gasteiger partial charge < -0.3 is 9.16 Å². The van der Waals surface area contributed by atoms with Crippen LogP contribution in [0.1, 0.15) is 39.0 Å². The van der Waals surface area contributed by atoms with Crippen LogP contribution in [0.5, 0.6) is 5.75 Å². The highest BCUT2D eigenvalue weighted by Gasteiger charge is 2.46. The van der Waals surface area contributed by atoms with E-state index in [-0.39, 0.29) is 18.1 Å². The third-order valence-corrected chi connectivity index (χ3v) is 11.5. The first-order valence-corrected chi connectivity index (χ1v) is 14.9. The SMILES string of the molecule is Cc1cn([C@H]2C[C@H](O[P+](=O)Oc3ccccc3)[C@@H](CO[Si](C)(C)C(C)(C)C)O2)c(=O)[nH]c1=O. The van der Waals surface area contributed by atoms with Crippen molar-refractivity contribution in [1.29, 1.82) is 0 Å². The second kappa shape index (κ2) is 10.0. The minimum absolute atomic E-state index is 0.00407. The fourth-order valence-corrected chi connectivity index (χ4v) is 4.93. The first kappa shape index (κ1) is 25.5. The van der Waals surface area contributed by atoms with Gasteiger partial charge in [0.2, 0.25) is 0 Å². The van der Waals surface area contributed by atoms with Crippen LogP contribution < -0.4 is 15.8 Å². The lowest BCUT2D eigenvalue weighted by Crippen LogP contribution is -2.44. The summed E-state index contributed by atoms with van der Waals surface area (Å²) in [7, 11) is -4.57. The Bertz CT molecular complexity index is 1090. The fraction of sp³-hybridized carbons (Fsp3) is 0.545. The van der Waals surface area contributed by atoms with Gasteiger partial charge in [0.25, 0.3) is 5.56 Å². The van der Waals surface area contributed by atoms with Gasteiger partial charge in [0.05, 0.1) is 6.61 Å². The van der Waals surface area contributed by atoms with Crippen molar-refractivity contribution in [2.45, 2.75) is 70.7 Å². The van der Waals surface area contributed by atoms with Crippen LogP contribution in [0.15, 0.2) is 46.1 Å². The van der Waals surface area contributed by atoms with Gasteiger partial charge >= 0.3 is 13.9 Å². The Hall–Kier alpha value is -2.10. The van der Waals surface area contributed by atoms with Gasteiger partial charge in [0.15, 0.2) is 14.1 Å². The summed E-state index contributed by atoms with van der Waals surface area (Å²) in [5.41, 5.74) is -0.639. The van der Waals surface area contributed by atoms with Crippen molar-refractivity contribution in [3.63, 3.8) is 0 Å². The molecule has 0 spiro atoms. The van der Waals surface area contributed by atoms with Crippen LogP contribution >= 0.6 is 8.25 Å². The molecule has 0 saturated carbocycles. The topological polar surface area (TPSA) is 109 Å². The Morgan fingerprint density at radius 1 is 1.21 bits per heavy atom. The number of aryl methyl sites for hydroxylation is 1. The number of aromatic nitrogens is 2. The number of H-pyrrole nitrogens is 1. The standard InChI is InChI=1S/C22H31N2O7PSi/c1-15-13-24(21(26)23-20(15)25)19-12-17(31-32(27)30-16-10-8-7-9-11-16)18(29-19)14-28-33(5,6)22(2,3)4/h7-11,13,17-19H,12,14H2,1-6H3/p+1/t17-,18+,19+/m0/s1. The van der Waals surface area contributed by atoms with Gasteiger partial charge in [-0.1, -0.05) is 39.0 Å². The number of hydrogen-bond donors (Lipinski definition) is 1. The molecule has 1 aromatic carbocycles. The second-order valence-corrected chi connectivity index (χ2v) is 15.3. The molecule has 1 saturated heterocycles. The van der Waals surface area contributed by atoms with Crippen molar-refractivity contribution < 1.29 is 22.8 Å². The van der Waals surface area contributed by atoms with Crippen LogP contribution in [0.4, 0.5) is 0 Å². The van der Waals surface area contributed by atoms with Crippen LogP contribution in [0.25, 0.3) is 0 Å². The maximum atomic E-state index is 12.6. The monoisotopic (exact) mass is 495 g/mol. The summed E-state index contributed by atoms with van der Waals surface area (Å²) in [6.07, 6.45) is -0.199. The molecule has 0 bridgehead atoms. The second-order valence-electron chi connectivity index (χ2n) is 9.69. The van der Waals surface area contributed by atoms with E-state index >= 15 is 0 Å². The molecular formula is C22H32N2O7PSi+. The maximum absolute atomic E-state index is 12.6. The highest BCUT2D eigenvalue weighted by atomic mass is 31.1. The van der Waals surface area contributed by atoms with Crippen molar-refractivity contribution >= 4 is 16.6 Å². The van der Waals surface area contributed by atoms with Crippen LogP contribution in [0.3, 0.4) is 0 Å². The predicted molar refractivity (Wildman–Crippen MR) is 127 cm³/mol. The molecule has 1 unspecified atom stereocenters. The van der Waals surface area contributed by atoms with Crippen molar-refractivity contribution in [1.82, 2.24) is 9.55 Å². The Morgan fingerprint density at radius 3 is 2.52 bits per heavy atom. The van der Waals surface area contributed by atoms with E-state index in [1.165, 1.54) is 10.8 Å². The summed E-state index contributed by atoms with van der Waals surface area (Å²) in [6.45, 7) is 12.5. The predicted octanol–water partition coefficient (Wildman–Crippen LogP) is 4.28. The normalized spacial score (nSPS) is 21.8. The van der Waals surface area contributed by atoms with Crippen molar-refractivity contribution in [2.75, 3.05) is 6.61 Å². The summed E-state index contributed by atoms with van der Waals surface area (Å²) in [6, 6.07) is 8.74. The molecule has 3 rings (SSSR count). The molecule has 1 aromatic heterocycles. The zero-order chi connectivity index (χ0) is 24.4. The molecule has 9 nitrogen and oxygen atoms in total. The van der Waals surface area contributed by atoms with Gasteiger partial charge in [0, 0.05) is 22.7 Å². The van der Waals surface area contributed by atoms with E-state index in [0.717, 1.165) is 0 Å². The quantitative estimate of drug-likeness (QED) is 0.430. The summed E-state index contributed by atoms with van der Waals surface area (Å²) in [5, 5.41) is -0.00407. The molecule has 2 heterocycles. The number of ether oxygens (including phenoxy) is 1. The van der Waals surface area contributed by atoms with Gasteiger partial charge in [-0.3, -0.25) is 14.3 Å². The average molecular weight is 496 g/mol. The third-order valence-electron chi connectivity index (χ3n) is 6.20. The first-order chi connectivity index (χ1) is 15.4. The average Bonchev–Trinajstić information content (AvgIpc) is 3.11. The molecule has 180 valence electrons. The summed E-state index contributed by atoms with van der Waals surface area (Å²) < 4.78 is 37.5. The molecule has 0 radical (unpaired) electrons. The van der Waals surface area contributed by atoms with E-state index in [0.29, 0.717) is 11.3 Å². The molecule has 1 fully saturated rings. The van der Waals surface area contributed by atoms with Gasteiger partial charge in [-0.15, -0.1) is 4.52 Å². The molecular weight excluding hydrogens is 463 g/mol. The van der Waals surface area contributed by atoms with Crippen LogP contribution in [-0.4, -0.2) is 36.7 Å². The number of benzene rings is 1. The van der Waals surface area contributed by atoms with Crippen LogP contribution in [-0.2, 0) is 18.3 Å². The van der Waals surface area contributed by atoms with E-state index in [4.69, 9.17) is 18.2 Å². The van der Waals surface area contributed by atoms with Gasteiger partial charge in [-0.05, 0) is 37.2 Å². The highest BCUT2D eigenvalue weighted by Crippen LogP contribution is 2.40. The van der Waals surface area contributed by atoms with Gasteiger partial charge in [-0.25, -0.2) is 9.32 Å². The van der Waals surface area contributed by atoms with Gasteiger partial charge in [0.1, 0.15) is 18.4 Å². The molecule has 1 N–H and O–H groups in total.